The van der Waals surface area contributed by atoms with Crippen molar-refractivity contribution in [1.29, 1.82) is 0 Å². The van der Waals surface area contributed by atoms with Crippen LogP contribution in [0, 0.1) is 0 Å². The van der Waals surface area contributed by atoms with E-state index >= 15 is 0 Å². The van der Waals surface area contributed by atoms with Crippen molar-refractivity contribution in [1.82, 2.24) is 10.2 Å². The van der Waals surface area contributed by atoms with E-state index in [9.17, 15) is 18.4 Å². The number of carbonyl (C=O) groups is 2. The van der Waals surface area contributed by atoms with E-state index in [-0.39, 0.29) is 12.5 Å². The predicted octanol–water partition coefficient (Wildman–Crippen LogP) is 1.58. The number of ether oxygens (including phenoxy) is 1. The van der Waals surface area contributed by atoms with E-state index < -0.39 is 17.2 Å². The molecule has 0 bridgehead atoms. The number of amides is 2. The maximum absolute atomic E-state index is 12.8. The number of morpholine rings is 1. The monoisotopic (exact) mass is 346 g/mol. The summed E-state index contributed by atoms with van der Waals surface area (Å²) in [5.74, 6) is -2.61. The highest BCUT2D eigenvalue weighted by Crippen LogP contribution is 2.21. The lowest BCUT2D eigenvalue weighted by atomic mass is 9.97. The molecule has 1 aliphatic rings. The number of hydrogen-bond donors (Lipinski definition) is 1. The topological polar surface area (TPSA) is 58.6 Å². The van der Waals surface area contributed by atoms with E-state index in [0.29, 0.717) is 31.9 Å². The molecule has 126 valence electrons. The third kappa shape index (κ3) is 4.87. The van der Waals surface area contributed by atoms with Crippen molar-refractivity contribution in [3.05, 3.63) is 35.9 Å². The number of carbonyl (C=O) groups excluding carboxylic acids is 2. The Labute approximate surface area is 137 Å². The predicted molar refractivity (Wildman–Crippen MR) is 80.4 cm³/mol. The average Bonchev–Trinajstić information content (AvgIpc) is 2.55. The summed E-state index contributed by atoms with van der Waals surface area (Å²) in [5.41, 5.74) is 0.641. The maximum atomic E-state index is 12.8. The number of nitrogens with zero attached hydrogens (tertiary/aromatic N) is 1. The Morgan fingerprint density at radius 2 is 1.87 bits per heavy atom. The molecule has 2 rings (SSSR count). The summed E-state index contributed by atoms with van der Waals surface area (Å²) in [6.45, 7) is 1.48. The van der Waals surface area contributed by atoms with E-state index in [0.717, 1.165) is 0 Å². The quantitative estimate of drug-likeness (QED) is 0.823. The summed E-state index contributed by atoms with van der Waals surface area (Å²) in [5, 5.41) is -1.96. The van der Waals surface area contributed by atoms with Gasteiger partial charge in [-0.2, -0.15) is 8.78 Å². The Kier molecular flexibility index (Phi) is 5.90. The molecule has 1 atom stereocenters. The summed E-state index contributed by atoms with van der Waals surface area (Å²) in [6, 6.07) is 8.70. The van der Waals surface area contributed by atoms with Gasteiger partial charge in [-0.25, -0.2) is 0 Å². The highest BCUT2D eigenvalue weighted by atomic mass is 35.5. The molecule has 8 heteroatoms. The second-order valence-corrected chi connectivity index (χ2v) is 5.58. The first kappa shape index (κ1) is 17.6. The van der Waals surface area contributed by atoms with Gasteiger partial charge in [-0.1, -0.05) is 30.3 Å². The molecule has 0 aliphatic carbocycles. The smallest absolute Gasteiger partial charge is 0.378 e. The third-order valence-corrected chi connectivity index (χ3v) is 3.72. The molecule has 5 nitrogen and oxygen atoms in total. The van der Waals surface area contributed by atoms with Gasteiger partial charge in [0.1, 0.15) is 0 Å². The molecule has 1 N–H and O–H groups in total. The molecule has 0 saturated carbocycles. The van der Waals surface area contributed by atoms with Crippen LogP contribution in [0.5, 0.6) is 0 Å². The lowest BCUT2D eigenvalue weighted by Gasteiger charge is -2.30. The van der Waals surface area contributed by atoms with Crippen LogP contribution in [-0.4, -0.2) is 54.9 Å². The van der Waals surface area contributed by atoms with Gasteiger partial charge in [-0.15, -0.1) is 0 Å². The largest absolute Gasteiger partial charge is 0.399 e. The van der Waals surface area contributed by atoms with Crippen LogP contribution in [0.15, 0.2) is 30.3 Å². The molecule has 1 fully saturated rings. The number of rotatable bonds is 5. The van der Waals surface area contributed by atoms with Gasteiger partial charge in [0, 0.05) is 19.6 Å². The maximum Gasteiger partial charge on any atom is 0.399 e. The minimum Gasteiger partial charge on any atom is -0.378 e. The van der Waals surface area contributed by atoms with Crippen LogP contribution >= 0.6 is 11.6 Å². The van der Waals surface area contributed by atoms with Gasteiger partial charge in [0.2, 0.25) is 5.91 Å². The van der Waals surface area contributed by atoms with Crippen LogP contribution in [0.4, 0.5) is 8.78 Å². The number of nitrogens with one attached hydrogen (secondary N) is 1. The average molecular weight is 347 g/mol. The van der Waals surface area contributed by atoms with Crippen molar-refractivity contribution in [2.45, 2.75) is 11.3 Å². The molecule has 2 amide bonds. The summed E-state index contributed by atoms with van der Waals surface area (Å²) in [7, 11) is 0. The normalized spacial score (nSPS) is 16.7. The van der Waals surface area contributed by atoms with E-state index in [2.05, 4.69) is 11.6 Å². The van der Waals surface area contributed by atoms with Crippen molar-refractivity contribution in [2.24, 2.45) is 0 Å². The minimum absolute atomic E-state index is 0.238. The van der Waals surface area contributed by atoms with Crippen molar-refractivity contribution >= 4 is 23.4 Å². The zero-order valence-electron chi connectivity index (χ0n) is 12.3. The van der Waals surface area contributed by atoms with Gasteiger partial charge in [0.25, 0.3) is 0 Å². The molecule has 1 heterocycles. The summed E-state index contributed by atoms with van der Waals surface area (Å²) < 4.78 is 30.7. The first-order valence-corrected chi connectivity index (χ1v) is 7.54. The summed E-state index contributed by atoms with van der Waals surface area (Å²) in [6.07, 6.45) is 0. The molecule has 1 aliphatic heterocycles. The Morgan fingerprint density at radius 3 is 2.43 bits per heavy atom. The van der Waals surface area contributed by atoms with Gasteiger partial charge < -0.3 is 15.0 Å². The van der Waals surface area contributed by atoms with E-state index in [1.165, 1.54) is 0 Å². The second-order valence-electron chi connectivity index (χ2n) is 5.11. The summed E-state index contributed by atoms with van der Waals surface area (Å²) >= 11 is 4.68. The molecule has 0 spiro atoms. The van der Waals surface area contributed by atoms with Gasteiger partial charge >= 0.3 is 11.3 Å². The molecule has 0 unspecified atom stereocenters. The third-order valence-electron chi connectivity index (χ3n) is 3.55. The highest BCUT2D eigenvalue weighted by Gasteiger charge is 2.37. The first-order chi connectivity index (χ1) is 10.9. The van der Waals surface area contributed by atoms with Gasteiger partial charge in [-0.05, 0) is 17.2 Å². The van der Waals surface area contributed by atoms with Crippen molar-refractivity contribution in [2.75, 3.05) is 32.8 Å². The van der Waals surface area contributed by atoms with Crippen LogP contribution in [0.2, 0.25) is 0 Å². The Balaban J connectivity index is 2.12. The lowest BCUT2D eigenvalue weighted by molar-refractivity contribution is -0.138. The molecule has 23 heavy (non-hydrogen) atoms. The molecule has 0 aromatic heterocycles. The Hall–Kier alpha value is -1.73. The zero-order chi connectivity index (χ0) is 16.9. The van der Waals surface area contributed by atoms with Crippen LogP contribution in [0.3, 0.4) is 0 Å². The van der Waals surface area contributed by atoms with Gasteiger partial charge in [0.05, 0.1) is 19.1 Å². The molecular weight excluding hydrogens is 330 g/mol. The highest BCUT2D eigenvalue weighted by molar-refractivity contribution is 6.32. The van der Waals surface area contributed by atoms with Gasteiger partial charge in [0.15, 0.2) is 0 Å². The van der Waals surface area contributed by atoms with Crippen LogP contribution < -0.4 is 5.32 Å². The standard InChI is InChI=1S/C15H17ClF2N2O3/c16-15(17,18)14(22)19-10-12(11-4-2-1-3-5-11)13(21)20-6-8-23-9-7-20/h1-5,12H,6-10H2,(H,19,22)/t12-/m1/s1. The Bertz CT molecular complexity index is 545. The van der Waals surface area contributed by atoms with Crippen molar-refractivity contribution < 1.29 is 23.1 Å². The fourth-order valence-electron chi connectivity index (χ4n) is 2.33. The van der Waals surface area contributed by atoms with Crippen molar-refractivity contribution in [3.8, 4) is 0 Å². The van der Waals surface area contributed by atoms with E-state index in [4.69, 9.17) is 4.74 Å². The molecular formula is C15H17ClF2N2O3. The second kappa shape index (κ2) is 7.70. The van der Waals surface area contributed by atoms with Crippen LogP contribution in [0.25, 0.3) is 0 Å². The Morgan fingerprint density at radius 1 is 1.26 bits per heavy atom. The number of halogens is 3. The number of alkyl halides is 3. The minimum atomic E-state index is -4.00. The van der Waals surface area contributed by atoms with Crippen molar-refractivity contribution in [3.63, 3.8) is 0 Å². The van der Waals surface area contributed by atoms with E-state index in [1.807, 2.05) is 5.32 Å². The fourth-order valence-corrected chi connectivity index (χ4v) is 2.40. The molecule has 1 aromatic carbocycles. The number of hydrogen-bond acceptors (Lipinski definition) is 3. The van der Waals surface area contributed by atoms with Crippen LogP contribution in [-0.2, 0) is 14.3 Å². The SMILES string of the molecule is O=C([C@H](CNC(=O)C(F)(F)Cl)c1ccccc1)N1CCOCC1. The summed E-state index contributed by atoms with van der Waals surface area (Å²) in [4.78, 5) is 25.5. The van der Waals surface area contributed by atoms with Crippen LogP contribution in [0.1, 0.15) is 11.5 Å². The lowest BCUT2D eigenvalue weighted by Crippen LogP contribution is -2.46. The fraction of sp³-hybridized carbons (Fsp3) is 0.467. The molecule has 1 saturated heterocycles. The van der Waals surface area contributed by atoms with E-state index in [1.54, 1.807) is 35.2 Å². The zero-order valence-corrected chi connectivity index (χ0v) is 13.1. The first-order valence-electron chi connectivity index (χ1n) is 7.16. The molecule has 0 radical (unpaired) electrons. The number of benzene rings is 1. The molecule has 1 aromatic rings. The van der Waals surface area contributed by atoms with Gasteiger partial charge in [-0.3, -0.25) is 9.59 Å².